The van der Waals surface area contributed by atoms with Crippen LogP contribution in [0.1, 0.15) is 18.6 Å². The van der Waals surface area contributed by atoms with Crippen LogP contribution in [0.2, 0.25) is 10.0 Å². The van der Waals surface area contributed by atoms with Gasteiger partial charge in [-0.25, -0.2) is 0 Å². The van der Waals surface area contributed by atoms with Gasteiger partial charge in [-0.3, -0.25) is 14.5 Å². The highest BCUT2D eigenvalue weighted by atomic mass is 35.5. The van der Waals surface area contributed by atoms with E-state index in [0.717, 1.165) is 5.56 Å². The largest absolute Gasteiger partial charge is 0.481 e. The summed E-state index contributed by atoms with van der Waals surface area (Å²) in [7, 11) is 0. The second-order valence-corrected chi connectivity index (χ2v) is 8.15. The van der Waals surface area contributed by atoms with E-state index in [-0.39, 0.29) is 18.9 Å². The molecule has 1 saturated heterocycles. The van der Waals surface area contributed by atoms with Crippen LogP contribution >= 0.6 is 47.2 Å². The third-order valence-corrected chi connectivity index (χ3v) is 5.87. The first-order valence-corrected chi connectivity index (χ1v) is 9.85. The first-order valence-electron chi connectivity index (χ1n) is 7.87. The van der Waals surface area contributed by atoms with Gasteiger partial charge in [-0.1, -0.05) is 47.2 Å². The van der Waals surface area contributed by atoms with Crippen molar-refractivity contribution in [3.8, 4) is 11.3 Å². The molecule has 27 heavy (non-hydrogen) atoms. The fourth-order valence-electron chi connectivity index (χ4n) is 2.45. The fourth-order valence-corrected chi connectivity index (χ4v) is 4.03. The first-order chi connectivity index (χ1) is 12.8. The van der Waals surface area contributed by atoms with E-state index in [9.17, 15) is 9.59 Å². The maximum Gasteiger partial charge on any atom is 0.303 e. The third kappa shape index (κ3) is 4.73. The lowest BCUT2D eigenvalue weighted by Gasteiger charge is -2.13. The lowest BCUT2D eigenvalue weighted by molar-refractivity contribution is -0.137. The Morgan fingerprint density at radius 1 is 1.26 bits per heavy atom. The molecule has 1 aromatic heterocycles. The number of carboxylic acid groups (broad SMARTS) is 1. The number of nitrogens with zero attached hydrogens (tertiary/aromatic N) is 1. The molecule has 2 heterocycles. The van der Waals surface area contributed by atoms with Gasteiger partial charge in [0.2, 0.25) is 0 Å². The number of carboxylic acids is 1. The van der Waals surface area contributed by atoms with Gasteiger partial charge in [0.25, 0.3) is 5.91 Å². The summed E-state index contributed by atoms with van der Waals surface area (Å²) in [4.78, 5) is 25.0. The molecule has 140 valence electrons. The Hall–Kier alpha value is -1.80. The van der Waals surface area contributed by atoms with E-state index >= 15 is 0 Å². The van der Waals surface area contributed by atoms with Crippen LogP contribution in [0.3, 0.4) is 0 Å². The van der Waals surface area contributed by atoms with Crippen molar-refractivity contribution in [3.63, 3.8) is 0 Å². The Morgan fingerprint density at radius 3 is 2.74 bits per heavy atom. The number of benzene rings is 1. The SMILES string of the molecule is O=C(O)CCCN1C(=O)/C(=C/c2ccc(-c3ccc(Cl)c(Cl)c3)o2)SC1=S. The molecule has 0 spiro atoms. The minimum Gasteiger partial charge on any atom is -0.481 e. The molecule has 0 bridgehead atoms. The molecule has 0 saturated carbocycles. The molecule has 1 aromatic carbocycles. The molecule has 1 amide bonds. The third-order valence-electron chi connectivity index (χ3n) is 3.75. The predicted octanol–water partition coefficient (Wildman–Crippen LogP) is 5.32. The molecular formula is C18H13Cl2NO4S2. The van der Waals surface area contributed by atoms with Crippen molar-refractivity contribution >= 4 is 69.5 Å². The number of halogens is 2. The molecule has 1 N–H and O–H groups in total. The minimum absolute atomic E-state index is 0.0126. The summed E-state index contributed by atoms with van der Waals surface area (Å²) in [6, 6.07) is 8.70. The van der Waals surface area contributed by atoms with E-state index < -0.39 is 5.97 Å². The number of rotatable bonds is 6. The van der Waals surface area contributed by atoms with Crippen LogP contribution < -0.4 is 0 Å². The van der Waals surface area contributed by atoms with Crippen molar-refractivity contribution in [1.29, 1.82) is 0 Å². The van der Waals surface area contributed by atoms with Gasteiger partial charge in [0.15, 0.2) is 0 Å². The Bertz CT molecular complexity index is 955. The normalized spacial score (nSPS) is 15.8. The van der Waals surface area contributed by atoms with Gasteiger partial charge in [0, 0.05) is 24.6 Å². The summed E-state index contributed by atoms with van der Waals surface area (Å²) in [6.45, 7) is 0.279. The molecular weight excluding hydrogens is 429 g/mol. The predicted molar refractivity (Wildman–Crippen MR) is 111 cm³/mol. The molecule has 0 aliphatic carbocycles. The Morgan fingerprint density at radius 2 is 2.04 bits per heavy atom. The number of carbonyl (C=O) groups excluding carboxylic acids is 1. The highest BCUT2D eigenvalue weighted by Gasteiger charge is 2.31. The van der Waals surface area contributed by atoms with Gasteiger partial charge in [-0.2, -0.15) is 0 Å². The van der Waals surface area contributed by atoms with Crippen LogP contribution in [0.4, 0.5) is 0 Å². The second kappa shape index (κ2) is 8.48. The molecule has 1 fully saturated rings. The molecule has 1 aliphatic heterocycles. The molecule has 2 aromatic rings. The Labute approximate surface area is 174 Å². The summed E-state index contributed by atoms with van der Waals surface area (Å²) in [5.41, 5.74) is 0.769. The van der Waals surface area contributed by atoms with E-state index in [2.05, 4.69) is 0 Å². The van der Waals surface area contributed by atoms with Crippen LogP contribution in [-0.4, -0.2) is 32.7 Å². The average molecular weight is 442 g/mol. The van der Waals surface area contributed by atoms with Crippen LogP contribution in [0.25, 0.3) is 17.4 Å². The molecule has 5 nitrogen and oxygen atoms in total. The van der Waals surface area contributed by atoms with Crippen LogP contribution in [0.5, 0.6) is 0 Å². The van der Waals surface area contributed by atoms with Gasteiger partial charge in [-0.05, 0) is 36.8 Å². The van der Waals surface area contributed by atoms with Gasteiger partial charge in [-0.15, -0.1) is 0 Å². The van der Waals surface area contributed by atoms with E-state index in [1.807, 2.05) is 0 Å². The van der Waals surface area contributed by atoms with Crippen molar-refractivity contribution < 1.29 is 19.1 Å². The van der Waals surface area contributed by atoms with Gasteiger partial charge in [0.1, 0.15) is 15.8 Å². The summed E-state index contributed by atoms with van der Waals surface area (Å²) in [5, 5.41) is 9.60. The first kappa shape index (κ1) is 19.9. The van der Waals surface area contributed by atoms with Crippen LogP contribution in [0.15, 0.2) is 39.7 Å². The van der Waals surface area contributed by atoms with Crippen molar-refractivity contribution in [2.45, 2.75) is 12.8 Å². The lowest BCUT2D eigenvalue weighted by atomic mass is 10.2. The number of amides is 1. The lowest BCUT2D eigenvalue weighted by Crippen LogP contribution is -2.29. The number of aliphatic carboxylic acids is 1. The zero-order valence-corrected chi connectivity index (χ0v) is 16.9. The molecule has 0 unspecified atom stereocenters. The monoisotopic (exact) mass is 441 g/mol. The van der Waals surface area contributed by atoms with Gasteiger partial charge >= 0.3 is 5.97 Å². The summed E-state index contributed by atoms with van der Waals surface area (Å²) in [6.07, 6.45) is 1.95. The van der Waals surface area contributed by atoms with Crippen LogP contribution in [0, 0.1) is 0 Å². The summed E-state index contributed by atoms with van der Waals surface area (Å²) < 4.78 is 6.18. The van der Waals surface area contributed by atoms with Gasteiger partial charge in [0.05, 0.1) is 15.0 Å². The maximum absolute atomic E-state index is 12.5. The highest BCUT2D eigenvalue weighted by Crippen LogP contribution is 2.34. The molecule has 0 atom stereocenters. The average Bonchev–Trinajstić information content (AvgIpc) is 3.17. The van der Waals surface area contributed by atoms with Crippen molar-refractivity contribution in [2.24, 2.45) is 0 Å². The van der Waals surface area contributed by atoms with E-state index in [1.165, 1.54) is 16.7 Å². The zero-order valence-electron chi connectivity index (χ0n) is 13.8. The smallest absolute Gasteiger partial charge is 0.303 e. The number of furan rings is 1. The highest BCUT2D eigenvalue weighted by molar-refractivity contribution is 8.26. The number of carbonyl (C=O) groups is 2. The summed E-state index contributed by atoms with van der Waals surface area (Å²) in [5.74, 6) is -0.0526. The minimum atomic E-state index is -0.901. The van der Waals surface area contributed by atoms with E-state index in [4.69, 9.17) is 44.9 Å². The number of thioether (sulfide) groups is 1. The van der Waals surface area contributed by atoms with Crippen molar-refractivity contribution in [3.05, 3.63) is 51.0 Å². The summed E-state index contributed by atoms with van der Waals surface area (Å²) >= 11 is 18.3. The number of thiocarbonyl (C=S) groups is 1. The van der Waals surface area contributed by atoms with Crippen LogP contribution in [-0.2, 0) is 9.59 Å². The van der Waals surface area contributed by atoms with Gasteiger partial charge < -0.3 is 9.52 Å². The molecule has 9 heteroatoms. The molecule has 1 aliphatic rings. The number of hydrogen-bond donors (Lipinski definition) is 1. The Balaban J connectivity index is 1.74. The standard InChI is InChI=1S/C18H13Cl2NO4S2/c19-12-5-3-10(8-13(12)20)14-6-4-11(25-14)9-15-17(24)21(18(26)27-15)7-1-2-16(22)23/h3-6,8-9H,1-2,7H2,(H,22,23)/b15-9-. The Kier molecular flexibility index (Phi) is 6.26. The van der Waals surface area contributed by atoms with Crippen molar-refractivity contribution in [2.75, 3.05) is 6.54 Å². The quantitative estimate of drug-likeness (QED) is 0.483. The molecule has 0 radical (unpaired) electrons. The fraction of sp³-hybridized carbons (Fsp3) is 0.167. The zero-order chi connectivity index (χ0) is 19.6. The van der Waals surface area contributed by atoms with Crippen molar-refractivity contribution in [1.82, 2.24) is 4.90 Å². The second-order valence-electron chi connectivity index (χ2n) is 5.66. The number of hydrogen-bond acceptors (Lipinski definition) is 5. The molecule has 3 rings (SSSR count). The topological polar surface area (TPSA) is 70.8 Å². The van der Waals surface area contributed by atoms with E-state index in [0.29, 0.717) is 37.2 Å². The van der Waals surface area contributed by atoms with E-state index in [1.54, 1.807) is 36.4 Å². The maximum atomic E-state index is 12.5.